The SMILES string of the molecule is O=S(=O)(C=CC(F)(F)F)Oc1ccccc1.[H-].[Na+]. The van der Waals surface area contributed by atoms with Crippen LogP contribution in [0.25, 0.3) is 0 Å². The molecule has 0 aromatic heterocycles. The molecule has 0 saturated carbocycles. The van der Waals surface area contributed by atoms with Crippen LogP contribution in [0.2, 0.25) is 0 Å². The number of benzene rings is 1. The Hall–Kier alpha value is -0.500. The topological polar surface area (TPSA) is 43.4 Å². The molecule has 0 aliphatic heterocycles. The Morgan fingerprint density at radius 1 is 1.18 bits per heavy atom. The molecule has 0 heterocycles. The van der Waals surface area contributed by atoms with Gasteiger partial charge in [0, 0.05) is 6.08 Å². The van der Waals surface area contributed by atoms with Crippen LogP contribution >= 0.6 is 0 Å². The number of rotatable bonds is 3. The van der Waals surface area contributed by atoms with E-state index in [0.717, 1.165) is 0 Å². The predicted molar refractivity (Wildman–Crippen MR) is 52.3 cm³/mol. The van der Waals surface area contributed by atoms with Crippen molar-refractivity contribution >= 4 is 10.1 Å². The molecule has 0 aliphatic rings. The Morgan fingerprint density at radius 3 is 2.18 bits per heavy atom. The fourth-order valence-electron chi connectivity index (χ4n) is 0.798. The number of allylic oxidation sites excluding steroid dienone is 1. The van der Waals surface area contributed by atoms with Gasteiger partial charge in [-0.3, -0.25) is 0 Å². The van der Waals surface area contributed by atoms with Crippen LogP contribution in [0.1, 0.15) is 1.43 Å². The Bertz CT molecular complexity index is 474. The summed E-state index contributed by atoms with van der Waals surface area (Å²) in [6.45, 7) is 0. The molecule has 1 aromatic rings. The first-order valence-corrected chi connectivity index (χ1v) is 5.51. The summed E-state index contributed by atoms with van der Waals surface area (Å²) in [6.07, 6.45) is -5.08. The van der Waals surface area contributed by atoms with Crippen molar-refractivity contribution in [1.29, 1.82) is 0 Å². The van der Waals surface area contributed by atoms with Crippen molar-refractivity contribution in [2.75, 3.05) is 0 Å². The molecular weight excluding hydrogens is 268 g/mol. The molecule has 90 valence electrons. The van der Waals surface area contributed by atoms with Crippen molar-refractivity contribution < 1.29 is 56.8 Å². The third-order valence-electron chi connectivity index (χ3n) is 1.38. The van der Waals surface area contributed by atoms with Crippen LogP contribution in [0, 0.1) is 0 Å². The third-order valence-corrected chi connectivity index (χ3v) is 2.27. The number of hydrogen-bond acceptors (Lipinski definition) is 3. The Labute approximate surface area is 120 Å². The zero-order valence-corrected chi connectivity index (χ0v) is 11.6. The van der Waals surface area contributed by atoms with Gasteiger partial charge in [0.2, 0.25) is 0 Å². The van der Waals surface area contributed by atoms with Gasteiger partial charge >= 0.3 is 45.9 Å². The van der Waals surface area contributed by atoms with E-state index in [2.05, 4.69) is 4.18 Å². The van der Waals surface area contributed by atoms with E-state index < -0.39 is 22.4 Å². The molecule has 0 bridgehead atoms. The Kier molecular flexibility index (Phi) is 6.25. The van der Waals surface area contributed by atoms with Crippen LogP contribution in [0.15, 0.2) is 41.8 Å². The molecule has 0 N–H and O–H groups in total. The standard InChI is InChI=1S/C9H7F3O3S.Na.H/c10-9(11,12)6-7-16(13,14)15-8-4-2-1-3-5-8;;/h1-7H;;/q;+1;-1. The molecule has 0 aliphatic carbocycles. The molecule has 0 saturated heterocycles. The van der Waals surface area contributed by atoms with Crippen molar-refractivity contribution in [2.45, 2.75) is 6.18 Å². The molecule has 0 fully saturated rings. The van der Waals surface area contributed by atoms with Crippen molar-refractivity contribution in [3.8, 4) is 5.75 Å². The van der Waals surface area contributed by atoms with Gasteiger partial charge in [0.05, 0.1) is 5.41 Å². The summed E-state index contributed by atoms with van der Waals surface area (Å²) in [5.74, 6) is -0.0469. The maximum Gasteiger partial charge on any atom is 1.00 e. The predicted octanol–water partition coefficient (Wildman–Crippen LogP) is -0.412. The van der Waals surface area contributed by atoms with E-state index >= 15 is 0 Å². The van der Waals surface area contributed by atoms with E-state index in [9.17, 15) is 21.6 Å². The zero-order valence-electron chi connectivity index (χ0n) is 9.81. The smallest absolute Gasteiger partial charge is 1.00 e. The second-order valence-electron chi connectivity index (χ2n) is 2.73. The molecule has 0 amide bonds. The summed E-state index contributed by atoms with van der Waals surface area (Å²) in [5, 5.41) is -0.0278. The molecular formula is C9H8F3NaO3S. The van der Waals surface area contributed by atoms with E-state index in [0.29, 0.717) is 0 Å². The van der Waals surface area contributed by atoms with Gasteiger partial charge in [0.1, 0.15) is 5.75 Å². The number of para-hydroxylation sites is 1. The van der Waals surface area contributed by atoms with E-state index in [-0.39, 0.29) is 42.1 Å². The van der Waals surface area contributed by atoms with Gasteiger partial charge in [-0.1, -0.05) is 18.2 Å². The summed E-state index contributed by atoms with van der Waals surface area (Å²) in [6, 6.07) is 7.25. The Morgan fingerprint density at radius 2 is 1.71 bits per heavy atom. The van der Waals surface area contributed by atoms with Crippen LogP contribution in [-0.4, -0.2) is 14.6 Å². The number of alkyl halides is 3. The molecule has 0 unspecified atom stereocenters. The first kappa shape index (κ1) is 16.5. The quantitative estimate of drug-likeness (QED) is 0.557. The van der Waals surface area contributed by atoms with Gasteiger partial charge in [0.25, 0.3) is 0 Å². The molecule has 0 spiro atoms. The van der Waals surface area contributed by atoms with Crippen molar-refractivity contribution in [2.24, 2.45) is 0 Å². The molecule has 1 rings (SSSR count). The molecule has 3 nitrogen and oxygen atoms in total. The van der Waals surface area contributed by atoms with Gasteiger partial charge < -0.3 is 5.61 Å². The molecule has 17 heavy (non-hydrogen) atoms. The average molecular weight is 276 g/mol. The molecule has 1 aromatic carbocycles. The van der Waals surface area contributed by atoms with Crippen molar-refractivity contribution in [1.82, 2.24) is 0 Å². The number of hydrogen-bond donors (Lipinski definition) is 0. The van der Waals surface area contributed by atoms with Crippen LogP contribution in [-0.2, 0) is 10.1 Å². The van der Waals surface area contributed by atoms with Crippen molar-refractivity contribution in [3.63, 3.8) is 0 Å². The van der Waals surface area contributed by atoms with Crippen molar-refractivity contribution in [3.05, 3.63) is 41.8 Å². The first-order valence-electron chi connectivity index (χ1n) is 4.04. The van der Waals surface area contributed by atoms with E-state index in [1.54, 1.807) is 6.07 Å². The number of halogens is 3. The normalized spacial score (nSPS) is 12.2. The second kappa shape index (κ2) is 6.44. The maximum atomic E-state index is 11.7. The minimum atomic E-state index is -4.69. The van der Waals surface area contributed by atoms with Gasteiger partial charge in [-0.2, -0.15) is 21.6 Å². The summed E-state index contributed by atoms with van der Waals surface area (Å²) in [7, 11) is -4.37. The monoisotopic (exact) mass is 276 g/mol. The maximum absolute atomic E-state index is 11.7. The fraction of sp³-hybridized carbons (Fsp3) is 0.111. The van der Waals surface area contributed by atoms with Gasteiger partial charge in [-0.05, 0) is 12.1 Å². The van der Waals surface area contributed by atoms with Crippen LogP contribution < -0.4 is 33.7 Å². The largest absolute Gasteiger partial charge is 1.00 e. The van der Waals surface area contributed by atoms with Crippen LogP contribution in [0.4, 0.5) is 13.2 Å². The van der Waals surface area contributed by atoms with E-state index in [4.69, 9.17) is 0 Å². The van der Waals surface area contributed by atoms with Gasteiger partial charge in [-0.15, -0.1) is 0 Å². The van der Waals surface area contributed by atoms with E-state index in [1.165, 1.54) is 24.3 Å². The third kappa shape index (κ3) is 7.43. The molecule has 0 atom stereocenters. The minimum Gasteiger partial charge on any atom is -1.00 e. The first-order chi connectivity index (χ1) is 7.29. The molecule has 0 radical (unpaired) electrons. The average Bonchev–Trinajstić information content (AvgIpc) is 2.15. The summed E-state index contributed by atoms with van der Waals surface area (Å²) >= 11 is 0. The minimum absolute atomic E-state index is 0. The second-order valence-corrected chi connectivity index (χ2v) is 4.16. The van der Waals surface area contributed by atoms with Crippen LogP contribution in [0.5, 0.6) is 5.75 Å². The molecule has 8 heteroatoms. The summed E-state index contributed by atoms with van der Waals surface area (Å²) in [5.41, 5.74) is 0. The Balaban J connectivity index is 0. The van der Waals surface area contributed by atoms with E-state index in [1.807, 2.05) is 0 Å². The van der Waals surface area contributed by atoms with Gasteiger partial charge in [-0.25, -0.2) is 0 Å². The van der Waals surface area contributed by atoms with Gasteiger partial charge in [0.15, 0.2) is 0 Å². The van der Waals surface area contributed by atoms with Crippen LogP contribution in [0.3, 0.4) is 0 Å². The summed E-state index contributed by atoms with van der Waals surface area (Å²) in [4.78, 5) is 0. The zero-order chi connectivity index (χ0) is 12.2. The summed E-state index contributed by atoms with van der Waals surface area (Å²) < 4.78 is 61.6. The fourth-order valence-corrected chi connectivity index (χ4v) is 1.55.